The molecule has 3 nitrogen and oxygen atoms in total. The standard InChI is InChI=1S/C22H22F3NO2/c1-21-12-11-20(27)26(2)19(21)10-6-16-13-15(5-9-18(16)21)14-3-7-17(8-4-14)28-22(23,24)25/h3-5,7-9,13,19H,6,10-12H2,1-2H3/t19-,21-/m1/s1. The number of halogens is 3. The van der Waals surface area contributed by atoms with Crippen LogP contribution in [-0.4, -0.2) is 30.3 Å². The van der Waals surface area contributed by atoms with E-state index in [2.05, 4.69) is 23.8 Å². The Kier molecular flexibility index (Phi) is 4.40. The summed E-state index contributed by atoms with van der Waals surface area (Å²) < 4.78 is 40.9. The van der Waals surface area contributed by atoms with Gasteiger partial charge in [0.15, 0.2) is 0 Å². The van der Waals surface area contributed by atoms with Crippen molar-refractivity contribution in [3.05, 3.63) is 53.6 Å². The molecular weight excluding hydrogens is 367 g/mol. The maximum atomic E-state index is 12.3. The summed E-state index contributed by atoms with van der Waals surface area (Å²) in [5.41, 5.74) is 4.30. The number of hydrogen-bond donors (Lipinski definition) is 0. The number of rotatable bonds is 2. The molecular formula is C22H22F3NO2. The van der Waals surface area contributed by atoms with Gasteiger partial charge in [-0.1, -0.05) is 37.3 Å². The van der Waals surface area contributed by atoms with Gasteiger partial charge in [-0.05, 0) is 53.6 Å². The Hall–Kier alpha value is -2.50. The number of aryl methyl sites for hydroxylation is 1. The van der Waals surface area contributed by atoms with E-state index in [1.807, 2.05) is 18.0 Å². The first kappa shape index (κ1) is 18.8. The van der Waals surface area contributed by atoms with E-state index in [9.17, 15) is 18.0 Å². The van der Waals surface area contributed by atoms with Crippen LogP contribution in [0.5, 0.6) is 5.75 Å². The van der Waals surface area contributed by atoms with E-state index in [0.29, 0.717) is 6.42 Å². The van der Waals surface area contributed by atoms with Crippen LogP contribution in [-0.2, 0) is 16.6 Å². The van der Waals surface area contributed by atoms with Crippen LogP contribution in [0.25, 0.3) is 11.1 Å². The van der Waals surface area contributed by atoms with Crippen molar-refractivity contribution in [3.63, 3.8) is 0 Å². The maximum Gasteiger partial charge on any atom is 0.573 e. The summed E-state index contributed by atoms with van der Waals surface area (Å²) in [5.74, 6) is -0.0109. The summed E-state index contributed by atoms with van der Waals surface area (Å²) in [7, 11) is 1.90. The maximum absolute atomic E-state index is 12.3. The molecule has 2 aromatic carbocycles. The minimum absolute atomic E-state index is 0.0564. The number of hydrogen-bond acceptors (Lipinski definition) is 2. The lowest BCUT2D eigenvalue weighted by Gasteiger charge is -2.50. The highest BCUT2D eigenvalue weighted by Crippen LogP contribution is 2.46. The number of nitrogens with zero attached hydrogens (tertiary/aromatic N) is 1. The van der Waals surface area contributed by atoms with Crippen LogP contribution in [0.3, 0.4) is 0 Å². The quantitative estimate of drug-likeness (QED) is 0.717. The highest BCUT2D eigenvalue weighted by atomic mass is 19.4. The largest absolute Gasteiger partial charge is 0.573 e. The van der Waals surface area contributed by atoms with Crippen LogP contribution in [0.4, 0.5) is 13.2 Å². The van der Waals surface area contributed by atoms with Crippen molar-refractivity contribution in [1.29, 1.82) is 0 Å². The highest BCUT2D eigenvalue weighted by molar-refractivity contribution is 5.78. The molecule has 2 aliphatic rings. The number of alkyl halides is 3. The van der Waals surface area contributed by atoms with E-state index >= 15 is 0 Å². The van der Waals surface area contributed by atoms with Gasteiger partial charge in [0.25, 0.3) is 0 Å². The number of amides is 1. The van der Waals surface area contributed by atoms with Crippen LogP contribution >= 0.6 is 0 Å². The molecule has 2 aromatic rings. The third-order valence-corrected chi connectivity index (χ3v) is 6.28. The Balaban J connectivity index is 1.63. The summed E-state index contributed by atoms with van der Waals surface area (Å²) in [5, 5.41) is 0. The minimum Gasteiger partial charge on any atom is -0.406 e. The zero-order valence-corrected chi connectivity index (χ0v) is 15.8. The fourth-order valence-corrected chi connectivity index (χ4v) is 4.82. The lowest BCUT2D eigenvalue weighted by molar-refractivity contribution is -0.274. The van der Waals surface area contributed by atoms with Crippen LogP contribution in [0, 0.1) is 0 Å². The van der Waals surface area contributed by atoms with Gasteiger partial charge in [-0.3, -0.25) is 4.79 Å². The molecule has 1 aliphatic carbocycles. The minimum atomic E-state index is -4.69. The molecule has 2 atom stereocenters. The van der Waals surface area contributed by atoms with Gasteiger partial charge in [-0.2, -0.15) is 0 Å². The lowest BCUT2D eigenvalue weighted by atomic mass is 9.63. The van der Waals surface area contributed by atoms with Gasteiger partial charge < -0.3 is 9.64 Å². The Bertz CT molecular complexity index is 907. The molecule has 1 aliphatic heterocycles. The molecule has 1 fully saturated rings. The number of ether oxygens (including phenoxy) is 1. The zero-order chi connectivity index (χ0) is 20.1. The first-order valence-electron chi connectivity index (χ1n) is 9.43. The Labute approximate surface area is 162 Å². The number of likely N-dealkylation sites (tertiary alicyclic amines) is 1. The third kappa shape index (κ3) is 3.25. The van der Waals surface area contributed by atoms with Gasteiger partial charge in [0, 0.05) is 24.9 Å². The van der Waals surface area contributed by atoms with Gasteiger partial charge in [0.1, 0.15) is 5.75 Å². The van der Waals surface area contributed by atoms with Crippen LogP contribution in [0.1, 0.15) is 37.3 Å². The topological polar surface area (TPSA) is 29.5 Å². The summed E-state index contributed by atoms with van der Waals surface area (Å²) in [6.45, 7) is 2.24. The second-order valence-corrected chi connectivity index (χ2v) is 7.92. The van der Waals surface area contributed by atoms with Crippen molar-refractivity contribution < 1.29 is 22.7 Å². The number of likely N-dealkylation sites (N-methyl/N-ethyl adjacent to an activating group) is 1. The molecule has 28 heavy (non-hydrogen) atoms. The van der Waals surface area contributed by atoms with Gasteiger partial charge in [-0.15, -0.1) is 13.2 Å². The zero-order valence-electron chi connectivity index (χ0n) is 15.8. The summed E-state index contributed by atoms with van der Waals surface area (Å²) in [6.07, 6.45) is -1.47. The van der Waals surface area contributed by atoms with E-state index < -0.39 is 6.36 Å². The average Bonchev–Trinajstić information content (AvgIpc) is 2.64. The molecule has 0 unspecified atom stereocenters. The van der Waals surface area contributed by atoms with Crippen molar-refractivity contribution in [2.45, 2.75) is 50.4 Å². The first-order chi connectivity index (χ1) is 13.2. The van der Waals surface area contributed by atoms with E-state index in [-0.39, 0.29) is 23.1 Å². The van der Waals surface area contributed by atoms with E-state index in [4.69, 9.17) is 0 Å². The number of benzene rings is 2. The molecule has 0 saturated carbocycles. The van der Waals surface area contributed by atoms with Crippen molar-refractivity contribution in [2.75, 3.05) is 7.05 Å². The molecule has 1 saturated heterocycles. The summed E-state index contributed by atoms with van der Waals surface area (Å²) in [4.78, 5) is 14.0. The molecule has 4 rings (SSSR count). The Morgan fingerprint density at radius 2 is 1.75 bits per heavy atom. The second-order valence-electron chi connectivity index (χ2n) is 7.92. The van der Waals surface area contributed by atoms with E-state index in [0.717, 1.165) is 30.4 Å². The molecule has 0 aromatic heterocycles. The highest BCUT2D eigenvalue weighted by Gasteiger charge is 2.46. The molecule has 1 amide bonds. The summed E-state index contributed by atoms with van der Waals surface area (Å²) >= 11 is 0. The average molecular weight is 389 g/mol. The van der Waals surface area contributed by atoms with E-state index in [1.54, 1.807) is 12.1 Å². The third-order valence-electron chi connectivity index (χ3n) is 6.28. The van der Waals surface area contributed by atoms with Crippen molar-refractivity contribution in [3.8, 4) is 16.9 Å². The second kappa shape index (κ2) is 6.54. The van der Waals surface area contributed by atoms with Gasteiger partial charge >= 0.3 is 6.36 Å². The monoisotopic (exact) mass is 389 g/mol. The van der Waals surface area contributed by atoms with Gasteiger partial charge in [0.05, 0.1) is 0 Å². The number of carbonyl (C=O) groups is 1. The van der Waals surface area contributed by atoms with Crippen molar-refractivity contribution >= 4 is 5.91 Å². The van der Waals surface area contributed by atoms with Crippen LogP contribution in [0.2, 0.25) is 0 Å². The molecule has 6 heteroatoms. The Morgan fingerprint density at radius 3 is 2.43 bits per heavy atom. The predicted molar refractivity (Wildman–Crippen MR) is 100 cm³/mol. The Morgan fingerprint density at radius 1 is 1.07 bits per heavy atom. The van der Waals surface area contributed by atoms with Crippen LogP contribution in [0.15, 0.2) is 42.5 Å². The first-order valence-corrected chi connectivity index (χ1v) is 9.43. The molecule has 0 radical (unpaired) electrons. The number of carbonyl (C=O) groups excluding carboxylic acids is 1. The molecule has 148 valence electrons. The molecule has 0 spiro atoms. The van der Waals surface area contributed by atoms with Gasteiger partial charge in [-0.25, -0.2) is 0 Å². The van der Waals surface area contributed by atoms with Gasteiger partial charge in [0.2, 0.25) is 5.91 Å². The molecule has 1 heterocycles. The smallest absolute Gasteiger partial charge is 0.406 e. The number of piperidine rings is 1. The summed E-state index contributed by atoms with van der Waals surface area (Å²) in [6, 6.07) is 12.4. The van der Waals surface area contributed by atoms with Crippen molar-refractivity contribution in [1.82, 2.24) is 4.90 Å². The lowest BCUT2D eigenvalue weighted by Crippen LogP contribution is -2.56. The number of fused-ring (bicyclic) bond motifs is 3. The van der Waals surface area contributed by atoms with Crippen LogP contribution < -0.4 is 4.74 Å². The van der Waals surface area contributed by atoms with Crippen molar-refractivity contribution in [2.24, 2.45) is 0 Å². The molecule has 0 N–H and O–H groups in total. The fraction of sp³-hybridized carbons (Fsp3) is 0.409. The normalized spacial score (nSPS) is 24.5. The predicted octanol–water partition coefficient (Wildman–Crippen LogP) is 5.08. The fourth-order valence-electron chi connectivity index (χ4n) is 4.82. The van der Waals surface area contributed by atoms with E-state index in [1.165, 1.54) is 23.3 Å². The molecule has 0 bridgehead atoms. The SMILES string of the molecule is CN1C(=O)CC[C@]2(C)c3ccc(-c4ccc(OC(F)(F)F)cc4)cc3CC[C@@H]12.